The maximum Gasteiger partial charge on any atom is 0.164 e. The average molecular weight is 734 g/mol. The van der Waals surface area contributed by atoms with E-state index in [-0.39, 0.29) is 0 Å². The number of furan rings is 1. The first kappa shape index (κ1) is 32.2. The van der Waals surface area contributed by atoms with Crippen molar-refractivity contribution in [1.29, 1.82) is 0 Å². The van der Waals surface area contributed by atoms with Crippen molar-refractivity contribution >= 4 is 53.4 Å². The zero-order valence-electron chi connectivity index (χ0n) is 30.1. The van der Waals surface area contributed by atoms with Crippen LogP contribution in [0.5, 0.6) is 0 Å². The molecule has 0 saturated heterocycles. The van der Waals surface area contributed by atoms with Crippen molar-refractivity contribution in [3.05, 3.63) is 188 Å². The Balaban J connectivity index is 1.16. The van der Waals surface area contributed by atoms with Gasteiger partial charge in [-0.1, -0.05) is 158 Å². The van der Waals surface area contributed by atoms with Crippen LogP contribution in [-0.4, -0.2) is 15.0 Å². The number of fused-ring (bicyclic) bond motifs is 6. The first-order chi connectivity index (χ1) is 27.7. The van der Waals surface area contributed by atoms with Crippen molar-refractivity contribution in [2.45, 2.75) is 0 Å². The average Bonchev–Trinajstić information content (AvgIpc) is 3.86. The summed E-state index contributed by atoms with van der Waals surface area (Å²) in [5.41, 5.74) is 10.9. The van der Waals surface area contributed by atoms with Crippen LogP contribution in [0.4, 0.5) is 0 Å². The Morgan fingerprint density at radius 3 is 1.52 bits per heavy atom. The van der Waals surface area contributed by atoms with E-state index in [0.29, 0.717) is 17.5 Å². The molecule has 0 aliphatic carbocycles. The number of hydrogen-bond acceptors (Lipinski definition) is 5. The summed E-state index contributed by atoms with van der Waals surface area (Å²) in [5.74, 6) is 1.87. The Bertz CT molecular complexity index is 3240. The molecule has 0 radical (unpaired) electrons. The molecule has 0 saturated carbocycles. The highest BCUT2D eigenvalue weighted by atomic mass is 32.1. The predicted molar refractivity (Wildman–Crippen MR) is 233 cm³/mol. The van der Waals surface area contributed by atoms with Gasteiger partial charge in [-0.15, -0.1) is 11.3 Å². The van der Waals surface area contributed by atoms with Gasteiger partial charge >= 0.3 is 0 Å². The fourth-order valence-electron chi connectivity index (χ4n) is 7.90. The molecule has 3 aromatic heterocycles. The van der Waals surface area contributed by atoms with Gasteiger partial charge in [-0.3, -0.25) is 0 Å². The second-order valence-electron chi connectivity index (χ2n) is 13.9. The van der Waals surface area contributed by atoms with Gasteiger partial charge in [-0.05, 0) is 52.6 Å². The number of rotatable bonds is 6. The molecule has 5 heteroatoms. The molecule has 56 heavy (non-hydrogen) atoms. The predicted octanol–water partition coefficient (Wildman–Crippen LogP) is 14.1. The molecule has 4 nitrogen and oxygen atoms in total. The lowest BCUT2D eigenvalue weighted by atomic mass is 9.94. The minimum atomic E-state index is 0.604. The van der Waals surface area contributed by atoms with E-state index < -0.39 is 0 Å². The van der Waals surface area contributed by atoms with Crippen LogP contribution in [0.2, 0.25) is 0 Å². The van der Waals surface area contributed by atoms with Gasteiger partial charge in [0.2, 0.25) is 0 Å². The van der Waals surface area contributed by atoms with E-state index >= 15 is 0 Å². The molecule has 11 rings (SSSR count). The third-order valence-corrected chi connectivity index (χ3v) is 11.7. The number of nitrogens with zero attached hydrogens (tertiary/aromatic N) is 3. The number of para-hydroxylation sites is 2. The van der Waals surface area contributed by atoms with Crippen molar-refractivity contribution in [2.24, 2.45) is 0 Å². The zero-order chi connectivity index (χ0) is 37.0. The van der Waals surface area contributed by atoms with Gasteiger partial charge in [-0.2, -0.15) is 0 Å². The van der Waals surface area contributed by atoms with Crippen LogP contribution in [-0.2, 0) is 0 Å². The quantitative estimate of drug-likeness (QED) is 0.171. The molecule has 3 heterocycles. The van der Waals surface area contributed by atoms with Crippen LogP contribution < -0.4 is 0 Å². The first-order valence-corrected chi connectivity index (χ1v) is 19.5. The zero-order valence-corrected chi connectivity index (χ0v) is 30.9. The molecule has 0 bridgehead atoms. The third-order valence-electron chi connectivity index (χ3n) is 10.5. The number of hydrogen-bond donors (Lipinski definition) is 0. The summed E-state index contributed by atoms with van der Waals surface area (Å²) in [7, 11) is 0. The van der Waals surface area contributed by atoms with Crippen molar-refractivity contribution in [2.75, 3.05) is 0 Å². The highest BCUT2D eigenvalue weighted by Crippen LogP contribution is 2.43. The lowest BCUT2D eigenvalue weighted by Gasteiger charge is -2.13. The maximum atomic E-state index is 6.90. The Morgan fingerprint density at radius 1 is 0.321 bits per heavy atom. The fraction of sp³-hybridized carbons (Fsp3) is 0. The van der Waals surface area contributed by atoms with Gasteiger partial charge < -0.3 is 4.42 Å². The van der Waals surface area contributed by atoms with E-state index in [0.717, 1.165) is 77.4 Å². The first-order valence-electron chi connectivity index (χ1n) is 18.7. The molecular weight excluding hydrogens is 703 g/mol. The lowest BCUT2D eigenvalue weighted by Crippen LogP contribution is -2.01. The molecule has 262 valence electrons. The Hall–Kier alpha value is -7.21. The Morgan fingerprint density at radius 2 is 0.804 bits per heavy atom. The van der Waals surface area contributed by atoms with Crippen molar-refractivity contribution < 1.29 is 4.42 Å². The van der Waals surface area contributed by atoms with Gasteiger partial charge in [0.1, 0.15) is 11.2 Å². The van der Waals surface area contributed by atoms with E-state index in [1.165, 1.54) is 14.8 Å². The topological polar surface area (TPSA) is 51.8 Å². The molecule has 0 amide bonds. The van der Waals surface area contributed by atoms with E-state index in [9.17, 15) is 0 Å². The van der Waals surface area contributed by atoms with Crippen LogP contribution in [0.25, 0.3) is 110 Å². The second-order valence-corrected chi connectivity index (χ2v) is 15.0. The van der Waals surface area contributed by atoms with Crippen molar-refractivity contribution in [1.82, 2.24) is 15.0 Å². The van der Waals surface area contributed by atoms with E-state index in [1.807, 2.05) is 30.3 Å². The summed E-state index contributed by atoms with van der Waals surface area (Å²) in [4.78, 5) is 15.7. The molecule has 0 unspecified atom stereocenters. The summed E-state index contributed by atoms with van der Waals surface area (Å²) in [6.07, 6.45) is 0. The van der Waals surface area contributed by atoms with Gasteiger partial charge in [-0.25, -0.2) is 15.0 Å². The van der Waals surface area contributed by atoms with Crippen LogP contribution in [0, 0.1) is 0 Å². The summed E-state index contributed by atoms with van der Waals surface area (Å²) in [6, 6.07) is 65.6. The summed E-state index contributed by atoms with van der Waals surface area (Å²) in [6.45, 7) is 0. The largest absolute Gasteiger partial charge is 0.455 e. The maximum absolute atomic E-state index is 6.90. The second kappa shape index (κ2) is 13.3. The highest BCUT2D eigenvalue weighted by molar-refractivity contribution is 7.25. The minimum Gasteiger partial charge on any atom is -0.455 e. The number of aromatic nitrogens is 3. The summed E-state index contributed by atoms with van der Waals surface area (Å²) in [5, 5.41) is 4.53. The molecule has 0 aliphatic rings. The smallest absolute Gasteiger partial charge is 0.164 e. The molecule has 8 aromatic carbocycles. The summed E-state index contributed by atoms with van der Waals surface area (Å²) >= 11 is 1.79. The number of thiophene rings is 1. The molecule has 0 spiro atoms. The molecule has 0 atom stereocenters. The number of benzene rings is 8. The van der Waals surface area contributed by atoms with Gasteiger partial charge in [0.25, 0.3) is 0 Å². The SMILES string of the molecule is c1ccc(-c2cc(-c3nc(-c4ccccc4)nc(-c4cccc5sc6ccccc6c45)n3)cc(-c3cccc4c3oc3c(-c5ccccc5)cccc34)c2)cc1. The molecule has 0 N–H and O–H groups in total. The van der Waals surface area contributed by atoms with Crippen LogP contribution in [0.3, 0.4) is 0 Å². The molecule has 0 fully saturated rings. The Kier molecular flexibility index (Phi) is 7.64. The van der Waals surface area contributed by atoms with Crippen LogP contribution in [0.15, 0.2) is 192 Å². The molecule has 11 aromatic rings. The van der Waals surface area contributed by atoms with Crippen molar-refractivity contribution in [3.63, 3.8) is 0 Å². The van der Waals surface area contributed by atoms with Crippen molar-refractivity contribution in [3.8, 4) is 67.5 Å². The standard InChI is InChI=1S/C51H31N3OS/c1-4-15-32(16-5-1)35-29-36(39-23-13-25-41-40-24-12-22-38(47(40)55-48(39)41)33-17-6-2-7-18-33)31-37(30-35)50-52-49(34-19-8-3-9-20-34)53-51(54-50)43-26-14-28-45-46(43)42-21-10-11-27-44(42)56-45/h1-31H. The third kappa shape index (κ3) is 5.48. The van der Waals surface area contributed by atoms with Crippen LogP contribution >= 0.6 is 11.3 Å². The lowest BCUT2D eigenvalue weighted by molar-refractivity contribution is 0.671. The van der Waals surface area contributed by atoms with Gasteiger partial charge in [0.15, 0.2) is 17.5 Å². The fourth-order valence-corrected chi connectivity index (χ4v) is 9.04. The van der Waals surface area contributed by atoms with E-state index in [1.54, 1.807) is 11.3 Å². The van der Waals surface area contributed by atoms with Crippen LogP contribution in [0.1, 0.15) is 0 Å². The van der Waals surface area contributed by atoms with E-state index in [4.69, 9.17) is 19.4 Å². The highest BCUT2D eigenvalue weighted by Gasteiger charge is 2.20. The van der Waals surface area contributed by atoms with E-state index in [2.05, 4.69) is 158 Å². The van der Waals surface area contributed by atoms with Gasteiger partial charge in [0, 0.05) is 58.8 Å². The Labute approximate surface area is 327 Å². The normalized spacial score (nSPS) is 11.6. The minimum absolute atomic E-state index is 0.604. The summed E-state index contributed by atoms with van der Waals surface area (Å²) < 4.78 is 9.34. The molecule has 0 aliphatic heterocycles. The monoisotopic (exact) mass is 733 g/mol. The molecular formula is C51H31N3OS. The van der Waals surface area contributed by atoms with Gasteiger partial charge in [0.05, 0.1) is 0 Å².